The maximum absolute atomic E-state index is 12.7. The van der Waals surface area contributed by atoms with Crippen LogP contribution in [0.15, 0.2) is 67.0 Å². The van der Waals surface area contributed by atoms with E-state index in [-0.39, 0.29) is 24.8 Å². The second-order valence-electron chi connectivity index (χ2n) is 10.4. The van der Waals surface area contributed by atoms with E-state index in [2.05, 4.69) is 40.1 Å². The van der Waals surface area contributed by atoms with Crippen LogP contribution in [0.5, 0.6) is 5.75 Å². The molecule has 4 aromatic rings. The summed E-state index contributed by atoms with van der Waals surface area (Å²) >= 11 is 0. The largest absolute Gasteiger partial charge is 0.481 e. The number of hydrogen-bond donors (Lipinski definition) is 0. The molecular formula is C31H36N6O3. The van der Waals surface area contributed by atoms with Gasteiger partial charge in [0, 0.05) is 57.6 Å². The van der Waals surface area contributed by atoms with Crippen LogP contribution in [0, 0.1) is 6.92 Å². The number of ketones is 1. The van der Waals surface area contributed by atoms with Crippen LogP contribution in [-0.4, -0.2) is 82.6 Å². The number of amides is 1. The van der Waals surface area contributed by atoms with E-state index in [1.54, 1.807) is 13.2 Å². The number of hydrogen-bond acceptors (Lipinski definition) is 7. The van der Waals surface area contributed by atoms with Crippen LogP contribution >= 0.6 is 0 Å². The molecule has 1 saturated heterocycles. The van der Waals surface area contributed by atoms with E-state index in [9.17, 15) is 9.59 Å². The average Bonchev–Trinajstić information content (AvgIpc) is 3.29. The van der Waals surface area contributed by atoms with E-state index in [1.807, 2.05) is 42.1 Å². The van der Waals surface area contributed by atoms with Crippen LogP contribution in [0.1, 0.15) is 24.6 Å². The fourth-order valence-electron chi connectivity index (χ4n) is 5.22. The summed E-state index contributed by atoms with van der Waals surface area (Å²) in [6.45, 7) is 7.64. The second-order valence-corrected chi connectivity index (χ2v) is 10.4. The number of carbonyl (C=O) groups is 2. The van der Waals surface area contributed by atoms with Gasteiger partial charge < -0.3 is 14.5 Å². The van der Waals surface area contributed by atoms with Gasteiger partial charge in [0.25, 0.3) is 5.91 Å². The van der Waals surface area contributed by atoms with Crippen LogP contribution in [0.2, 0.25) is 0 Å². The van der Waals surface area contributed by atoms with Gasteiger partial charge in [-0.2, -0.15) is 5.10 Å². The zero-order valence-corrected chi connectivity index (χ0v) is 23.4. The molecule has 0 N–H and O–H groups in total. The van der Waals surface area contributed by atoms with Crippen molar-refractivity contribution in [2.24, 2.45) is 0 Å². The van der Waals surface area contributed by atoms with Crippen molar-refractivity contribution in [2.45, 2.75) is 26.8 Å². The second kappa shape index (κ2) is 12.3. The Labute approximate surface area is 235 Å². The summed E-state index contributed by atoms with van der Waals surface area (Å²) in [6, 6.07) is 18.3. The van der Waals surface area contributed by atoms with Gasteiger partial charge in [-0.1, -0.05) is 24.3 Å². The molecule has 5 rings (SSSR count). The third-order valence-electron chi connectivity index (χ3n) is 7.19. The van der Waals surface area contributed by atoms with E-state index in [1.165, 1.54) is 11.8 Å². The number of anilines is 1. The molecule has 2 aromatic carbocycles. The minimum Gasteiger partial charge on any atom is -0.481 e. The molecule has 1 amide bonds. The number of Topliss-reactive ketones (excluding diaryl/α,β-unsaturated/α-hetero) is 1. The Morgan fingerprint density at radius 2 is 1.85 bits per heavy atom. The van der Waals surface area contributed by atoms with E-state index in [0.29, 0.717) is 5.75 Å². The SMILES string of the molecule is CC(=O)CN(C)C(=O)COc1c(C)cc2cccnc2c1N1CCCN(Cc2ccn(-c3ccccc3)n2)CC1. The van der Waals surface area contributed by atoms with Gasteiger partial charge in [0.1, 0.15) is 17.2 Å². The molecular weight excluding hydrogens is 504 g/mol. The lowest BCUT2D eigenvalue weighted by atomic mass is 10.1. The Bertz CT molecular complexity index is 1490. The molecule has 1 fully saturated rings. The Hall–Kier alpha value is -4.24. The van der Waals surface area contributed by atoms with Crippen molar-refractivity contribution in [1.29, 1.82) is 0 Å². The zero-order chi connectivity index (χ0) is 28.1. The third-order valence-corrected chi connectivity index (χ3v) is 7.19. The summed E-state index contributed by atoms with van der Waals surface area (Å²) in [7, 11) is 1.62. The quantitative estimate of drug-likeness (QED) is 0.319. The minimum atomic E-state index is -0.237. The van der Waals surface area contributed by atoms with Crippen molar-refractivity contribution in [1.82, 2.24) is 24.6 Å². The smallest absolute Gasteiger partial charge is 0.260 e. The topological polar surface area (TPSA) is 83.8 Å². The predicted octanol–water partition coefficient (Wildman–Crippen LogP) is 3.87. The number of rotatable bonds is 9. The van der Waals surface area contributed by atoms with E-state index < -0.39 is 0 Å². The van der Waals surface area contributed by atoms with Gasteiger partial charge in [-0.25, -0.2) is 4.68 Å². The number of likely N-dealkylation sites (N-methyl/N-ethyl adjacent to an activating group) is 1. The molecule has 0 radical (unpaired) electrons. The Balaban J connectivity index is 1.33. The fraction of sp³-hybridized carbons (Fsp3) is 0.355. The number of ether oxygens (including phenoxy) is 1. The number of para-hydroxylation sites is 1. The van der Waals surface area contributed by atoms with Gasteiger partial charge in [0.05, 0.1) is 23.4 Å². The summed E-state index contributed by atoms with van der Waals surface area (Å²) < 4.78 is 8.11. The molecule has 0 saturated carbocycles. The first-order chi connectivity index (χ1) is 19.4. The monoisotopic (exact) mass is 540 g/mol. The molecule has 0 atom stereocenters. The number of benzene rings is 2. The van der Waals surface area contributed by atoms with Gasteiger partial charge in [-0.15, -0.1) is 0 Å². The molecule has 1 aliphatic rings. The van der Waals surface area contributed by atoms with Crippen LogP contribution in [-0.2, 0) is 16.1 Å². The molecule has 40 heavy (non-hydrogen) atoms. The highest BCUT2D eigenvalue weighted by Crippen LogP contribution is 2.39. The molecule has 9 heteroatoms. The lowest BCUT2D eigenvalue weighted by molar-refractivity contribution is -0.135. The van der Waals surface area contributed by atoms with Crippen molar-refractivity contribution >= 4 is 28.3 Å². The molecule has 3 heterocycles. The van der Waals surface area contributed by atoms with E-state index in [4.69, 9.17) is 14.8 Å². The normalized spacial score (nSPS) is 14.2. The molecule has 0 spiro atoms. The molecule has 0 bridgehead atoms. The predicted molar refractivity (Wildman–Crippen MR) is 156 cm³/mol. The summed E-state index contributed by atoms with van der Waals surface area (Å²) in [5, 5.41) is 5.83. The fourth-order valence-corrected chi connectivity index (χ4v) is 5.22. The standard InChI is InChI=1S/C31H36N6O3/c1-23-19-25-9-7-13-32-29(25)30(31(23)40-22-28(39)34(3)20-24(2)38)36-15-8-14-35(17-18-36)21-26-12-16-37(33-26)27-10-5-4-6-11-27/h4-7,9-13,16,19H,8,14-15,17-18,20-22H2,1-3H3. The molecule has 208 valence electrons. The maximum Gasteiger partial charge on any atom is 0.260 e. The zero-order valence-electron chi connectivity index (χ0n) is 23.4. The molecule has 0 aliphatic carbocycles. The number of aryl methyl sites for hydroxylation is 1. The number of pyridine rings is 1. The van der Waals surface area contributed by atoms with E-state index in [0.717, 1.165) is 72.7 Å². The highest BCUT2D eigenvalue weighted by molar-refractivity contribution is 5.96. The first-order valence-corrected chi connectivity index (χ1v) is 13.7. The molecule has 9 nitrogen and oxygen atoms in total. The van der Waals surface area contributed by atoms with Gasteiger partial charge in [-0.3, -0.25) is 19.5 Å². The average molecular weight is 541 g/mol. The number of carbonyl (C=O) groups excluding carboxylic acids is 2. The summed E-state index contributed by atoms with van der Waals surface area (Å²) in [5.74, 6) is 0.369. The first-order valence-electron chi connectivity index (χ1n) is 13.7. The van der Waals surface area contributed by atoms with Gasteiger partial charge in [-0.05, 0) is 56.2 Å². The van der Waals surface area contributed by atoms with Crippen LogP contribution in [0.3, 0.4) is 0 Å². The maximum atomic E-state index is 12.7. The number of nitrogens with zero attached hydrogens (tertiary/aromatic N) is 6. The highest BCUT2D eigenvalue weighted by atomic mass is 16.5. The van der Waals surface area contributed by atoms with Crippen molar-refractivity contribution in [2.75, 3.05) is 51.3 Å². The van der Waals surface area contributed by atoms with Gasteiger partial charge in [0.2, 0.25) is 0 Å². The minimum absolute atomic E-state index is 0.0661. The van der Waals surface area contributed by atoms with Crippen LogP contribution in [0.25, 0.3) is 16.6 Å². The lowest BCUT2D eigenvalue weighted by Gasteiger charge is -2.28. The Morgan fingerprint density at radius 3 is 2.65 bits per heavy atom. The summed E-state index contributed by atoms with van der Waals surface area (Å²) in [6.07, 6.45) is 4.78. The van der Waals surface area contributed by atoms with Crippen LogP contribution in [0.4, 0.5) is 5.69 Å². The van der Waals surface area contributed by atoms with Crippen molar-refractivity contribution in [3.63, 3.8) is 0 Å². The van der Waals surface area contributed by atoms with Gasteiger partial charge in [0.15, 0.2) is 6.61 Å². The van der Waals surface area contributed by atoms with Crippen molar-refractivity contribution in [3.05, 3.63) is 78.2 Å². The van der Waals surface area contributed by atoms with Crippen LogP contribution < -0.4 is 9.64 Å². The number of aromatic nitrogens is 3. The molecule has 2 aromatic heterocycles. The highest BCUT2D eigenvalue weighted by Gasteiger charge is 2.24. The van der Waals surface area contributed by atoms with Crippen molar-refractivity contribution in [3.8, 4) is 11.4 Å². The molecule has 0 unspecified atom stereocenters. The Morgan fingerprint density at radius 1 is 1.02 bits per heavy atom. The first kappa shape index (κ1) is 27.3. The summed E-state index contributed by atoms with van der Waals surface area (Å²) in [4.78, 5) is 35.1. The lowest BCUT2D eigenvalue weighted by Crippen LogP contribution is -2.35. The Kier molecular flexibility index (Phi) is 8.40. The van der Waals surface area contributed by atoms with Crippen molar-refractivity contribution < 1.29 is 14.3 Å². The molecule has 1 aliphatic heterocycles. The third kappa shape index (κ3) is 6.31. The van der Waals surface area contributed by atoms with E-state index >= 15 is 0 Å². The summed E-state index contributed by atoms with van der Waals surface area (Å²) in [5.41, 5.74) is 4.82. The number of fused-ring (bicyclic) bond motifs is 1. The van der Waals surface area contributed by atoms with Gasteiger partial charge >= 0.3 is 0 Å².